The molecule has 0 spiro atoms. The summed E-state index contributed by atoms with van der Waals surface area (Å²) in [6, 6.07) is 14.3. The minimum atomic E-state index is -0.356. The third-order valence-electron chi connectivity index (χ3n) is 4.93. The maximum absolute atomic E-state index is 13.5. The monoisotopic (exact) mass is 398 g/mol. The number of benzene rings is 2. The summed E-state index contributed by atoms with van der Waals surface area (Å²) in [5.41, 5.74) is 8.78. The number of fused-ring (bicyclic) bond motifs is 2. The van der Waals surface area contributed by atoms with Crippen LogP contribution >= 0.6 is 0 Å². The van der Waals surface area contributed by atoms with Crippen molar-refractivity contribution in [2.24, 2.45) is 0 Å². The molecule has 1 atom stereocenters. The highest BCUT2D eigenvalue weighted by Crippen LogP contribution is 2.24. The summed E-state index contributed by atoms with van der Waals surface area (Å²) >= 11 is 0. The van der Waals surface area contributed by atoms with E-state index in [9.17, 15) is 4.79 Å². The number of nitrogens with one attached hydrogen (secondary N) is 2. The van der Waals surface area contributed by atoms with Gasteiger partial charge in [0.1, 0.15) is 17.7 Å². The molecule has 0 saturated carbocycles. The summed E-state index contributed by atoms with van der Waals surface area (Å²) in [6.45, 7) is 1.92. The second-order valence-corrected chi connectivity index (χ2v) is 6.88. The van der Waals surface area contributed by atoms with Gasteiger partial charge < -0.3 is 16.0 Å². The van der Waals surface area contributed by atoms with Crippen molar-refractivity contribution in [3.05, 3.63) is 77.4 Å². The lowest BCUT2D eigenvalue weighted by molar-refractivity contribution is 0.732. The van der Waals surface area contributed by atoms with E-state index in [1.54, 1.807) is 29.1 Å². The zero-order chi connectivity index (χ0) is 20.7. The molecule has 5 aromatic rings. The van der Waals surface area contributed by atoms with Crippen molar-refractivity contribution >= 4 is 33.6 Å². The van der Waals surface area contributed by atoms with Gasteiger partial charge in [-0.15, -0.1) is 0 Å². The van der Waals surface area contributed by atoms with Crippen LogP contribution in [0.4, 0.5) is 11.5 Å². The number of hydrogen-bond donors (Lipinski definition) is 3. The number of aromatic nitrogens is 6. The van der Waals surface area contributed by atoms with Crippen molar-refractivity contribution in [3.8, 4) is 5.69 Å². The number of para-hydroxylation sites is 1. The third kappa shape index (κ3) is 2.84. The van der Waals surface area contributed by atoms with Gasteiger partial charge in [-0.25, -0.2) is 19.9 Å². The number of H-pyrrole nitrogens is 1. The first-order valence-electron chi connectivity index (χ1n) is 9.40. The Balaban J connectivity index is 1.71. The van der Waals surface area contributed by atoms with Gasteiger partial charge in [0.05, 0.1) is 29.0 Å². The third-order valence-corrected chi connectivity index (χ3v) is 4.93. The van der Waals surface area contributed by atoms with Crippen LogP contribution in [0.2, 0.25) is 0 Å². The standard InChI is InChI=1S/C21H18N8O/c1-12(27-19-17-18(24-10-23-17)25-11-26-19)20-28-15-9-5-8-14(22)16(15)21(30)29(20)13-6-3-2-4-7-13/h2-12H,22H2,1H3,(H2,23,24,25,26,27)/t12-/m0/s1. The first-order valence-corrected chi connectivity index (χ1v) is 9.40. The molecule has 4 N–H and O–H groups in total. The number of rotatable bonds is 4. The minimum Gasteiger partial charge on any atom is -0.398 e. The van der Waals surface area contributed by atoms with Crippen molar-refractivity contribution < 1.29 is 0 Å². The molecule has 0 aliphatic heterocycles. The molecule has 0 saturated heterocycles. The number of imidazole rings is 1. The molecule has 9 nitrogen and oxygen atoms in total. The summed E-state index contributed by atoms with van der Waals surface area (Å²) in [5.74, 6) is 1.11. The van der Waals surface area contributed by atoms with E-state index in [0.717, 1.165) is 0 Å². The number of nitrogens with zero attached hydrogens (tertiary/aromatic N) is 5. The van der Waals surface area contributed by atoms with Crippen LogP contribution in [0.5, 0.6) is 0 Å². The molecule has 0 aliphatic rings. The lowest BCUT2D eigenvalue weighted by atomic mass is 10.1. The van der Waals surface area contributed by atoms with Crippen molar-refractivity contribution in [1.82, 2.24) is 29.5 Å². The van der Waals surface area contributed by atoms with Gasteiger partial charge in [0, 0.05) is 5.69 Å². The Bertz CT molecular complexity index is 1420. The van der Waals surface area contributed by atoms with E-state index in [-0.39, 0.29) is 11.6 Å². The predicted octanol–water partition coefficient (Wildman–Crippen LogP) is 2.81. The molecular formula is C21H18N8O. The van der Waals surface area contributed by atoms with Crippen LogP contribution in [0.1, 0.15) is 18.8 Å². The number of aromatic amines is 1. The van der Waals surface area contributed by atoms with Crippen LogP contribution in [0.25, 0.3) is 27.8 Å². The smallest absolute Gasteiger partial charge is 0.268 e. The molecule has 3 heterocycles. The van der Waals surface area contributed by atoms with E-state index in [2.05, 4.69) is 25.3 Å². The Morgan fingerprint density at radius 3 is 2.73 bits per heavy atom. The summed E-state index contributed by atoms with van der Waals surface area (Å²) in [7, 11) is 0. The largest absolute Gasteiger partial charge is 0.398 e. The Kier molecular flexibility index (Phi) is 4.13. The fraction of sp³-hybridized carbons (Fsp3) is 0.0952. The summed E-state index contributed by atoms with van der Waals surface area (Å²) in [5, 5.41) is 3.73. The normalized spacial score (nSPS) is 12.3. The Hall–Kier alpha value is -4.27. The van der Waals surface area contributed by atoms with Crippen LogP contribution in [-0.4, -0.2) is 29.5 Å². The number of hydrogen-bond acceptors (Lipinski definition) is 7. The zero-order valence-electron chi connectivity index (χ0n) is 16.1. The van der Waals surface area contributed by atoms with Crippen molar-refractivity contribution in [3.63, 3.8) is 0 Å². The van der Waals surface area contributed by atoms with Gasteiger partial charge in [-0.1, -0.05) is 24.3 Å². The van der Waals surface area contributed by atoms with Crippen molar-refractivity contribution in [1.29, 1.82) is 0 Å². The van der Waals surface area contributed by atoms with Crippen molar-refractivity contribution in [2.75, 3.05) is 11.1 Å². The highest BCUT2D eigenvalue weighted by Gasteiger charge is 2.20. The minimum absolute atomic E-state index is 0.220. The van der Waals surface area contributed by atoms with Crippen LogP contribution in [0, 0.1) is 0 Å². The molecule has 0 radical (unpaired) electrons. The van der Waals surface area contributed by atoms with Crippen molar-refractivity contribution in [2.45, 2.75) is 13.0 Å². The second kappa shape index (κ2) is 6.96. The molecule has 0 bridgehead atoms. The molecule has 9 heteroatoms. The molecule has 0 fully saturated rings. The van der Waals surface area contributed by atoms with Crippen LogP contribution in [-0.2, 0) is 0 Å². The van der Waals surface area contributed by atoms with Crippen LogP contribution in [0.3, 0.4) is 0 Å². The van der Waals surface area contributed by atoms with E-state index in [0.29, 0.717) is 45.1 Å². The average molecular weight is 398 g/mol. The number of anilines is 2. The fourth-order valence-electron chi connectivity index (χ4n) is 3.53. The zero-order valence-corrected chi connectivity index (χ0v) is 16.1. The van der Waals surface area contributed by atoms with Crippen LogP contribution < -0.4 is 16.6 Å². The number of nitrogens with two attached hydrogens (primary N) is 1. The topological polar surface area (TPSA) is 127 Å². The van der Waals surface area contributed by atoms with E-state index >= 15 is 0 Å². The van der Waals surface area contributed by atoms with Gasteiger partial charge in [0.25, 0.3) is 5.56 Å². The fourth-order valence-corrected chi connectivity index (χ4v) is 3.53. The predicted molar refractivity (Wildman–Crippen MR) is 115 cm³/mol. The lowest BCUT2D eigenvalue weighted by Gasteiger charge is -2.20. The van der Waals surface area contributed by atoms with Crippen LogP contribution in [0.15, 0.2) is 66.0 Å². The van der Waals surface area contributed by atoms with Gasteiger partial charge in [-0.2, -0.15) is 0 Å². The van der Waals surface area contributed by atoms with E-state index in [1.165, 1.54) is 6.33 Å². The summed E-state index contributed by atoms with van der Waals surface area (Å²) in [4.78, 5) is 33.9. The summed E-state index contributed by atoms with van der Waals surface area (Å²) < 4.78 is 1.59. The molecule has 2 aromatic carbocycles. The van der Waals surface area contributed by atoms with Gasteiger partial charge >= 0.3 is 0 Å². The average Bonchev–Trinajstić information content (AvgIpc) is 3.24. The molecule has 0 unspecified atom stereocenters. The van der Waals surface area contributed by atoms with Gasteiger partial charge in [0.2, 0.25) is 0 Å². The summed E-state index contributed by atoms with van der Waals surface area (Å²) in [6.07, 6.45) is 3.00. The quantitative estimate of drug-likeness (QED) is 0.397. The Morgan fingerprint density at radius 1 is 1.07 bits per heavy atom. The molecule has 0 amide bonds. The van der Waals surface area contributed by atoms with Gasteiger partial charge in [-0.3, -0.25) is 9.36 Å². The van der Waals surface area contributed by atoms with E-state index in [1.807, 2.05) is 37.3 Å². The maximum Gasteiger partial charge on any atom is 0.268 e. The Labute approximate surface area is 170 Å². The first kappa shape index (κ1) is 17.8. The Morgan fingerprint density at radius 2 is 1.90 bits per heavy atom. The molecule has 3 aromatic heterocycles. The van der Waals surface area contributed by atoms with E-state index < -0.39 is 0 Å². The SMILES string of the molecule is C[C@H](Nc1ncnc2nc[nH]c12)c1nc2cccc(N)c2c(=O)n1-c1ccccc1. The molecule has 30 heavy (non-hydrogen) atoms. The molecule has 5 rings (SSSR count). The molecule has 0 aliphatic carbocycles. The lowest BCUT2D eigenvalue weighted by Crippen LogP contribution is -2.28. The number of nitrogen functional groups attached to an aromatic ring is 1. The molecule has 148 valence electrons. The van der Waals surface area contributed by atoms with Gasteiger partial charge in [0.15, 0.2) is 11.5 Å². The van der Waals surface area contributed by atoms with E-state index in [4.69, 9.17) is 10.7 Å². The maximum atomic E-state index is 13.5. The molecular weight excluding hydrogens is 380 g/mol. The highest BCUT2D eigenvalue weighted by atomic mass is 16.1. The second-order valence-electron chi connectivity index (χ2n) is 6.88. The first-order chi connectivity index (χ1) is 14.6. The van der Waals surface area contributed by atoms with Gasteiger partial charge in [-0.05, 0) is 31.2 Å². The highest BCUT2D eigenvalue weighted by molar-refractivity contribution is 5.89.